The lowest BCUT2D eigenvalue weighted by Gasteiger charge is -2.17. The standard InChI is InChI=1S/C16H27NO/c1-5-17(6-2)11-8-12-18-16-10-7-9-15(13-16)14(3)4/h7,9-10,13-14H,5-6,8,11-12H2,1-4H3. The fourth-order valence-electron chi connectivity index (χ4n) is 1.98. The maximum absolute atomic E-state index is 5.81. The van der Waals surface area contributed by atoms with Crippen LogP contribution in [0.15, 0.2) is 24.3 Å². The summed E-state index contributed by atoms with van der Waals surface area (Å²) in [5.41, 5.74) is 1.34. The first kappa shape index (κ1) is 15.0. The second kappa shape index (κ2) is 8.15. The average Bonchev–Trinajstić information content (AvgIpc) is 2.39. The number of nitrogens with zero attached hydrogens (tertiary/aromatic N) is 1. The predicted molar refractivity (Wildman–Crippen MR) is 78.4 cm³/mol. The first-order chi connectivity index (χ1) is 8.67. The van der Waals surface area contributed by atoms with Crippen molar-refractivity contribution in [2.45, 2.75) is 40.0 Å². The highest BCUT2D eigenvalue weighted by Crippen LogP contribution is 2.20. The summed E-state index contributed by atoms with van der Waals surface area (Å²) in [6.07, 6.45) is 1.09. The lowest BCUT2D eigenvalue weighted by atomic mass is 10.0. The zero-order chi connectivity index (χ0) is 13.4. The highest BCUT2D eigenvalue weighted by Gasteiger charge is 2.02. The van der Waals surface area contributed by atoms with Crippen LogP contribution >= 0.6 is 0 Å². The maximum Gasteiger partial charge on any atom is 0.119 e. The van der Waals surface area contributed by atoms with E-state index < -0.39 is 0 Å². The van der Waals surface area contributed by atoms with Crippen molar-refractivity contribution < 1.29 is 4.74 Å². The second-order valence-corrected chi connectivity index (χ2v) is 4.96. The molecular weight excluding hydrogens is 222 g/mol. The third-order valence-electron chi connectivity index (χ3n) is 3.31. The molecular formula is C16H27NO. The fraction of sp³-hybridized carbons (Fsp3) is 0.625. The number of benzene rings is 1. The molecule has 0 fully saturated rings. The molecule has 0 aliphatic heterocycles. The molecule has 0 radical (unpaired) electrons. The minimum absolute atomic E-state index is 0.559. The summed E-state index contributed by atoms with van der Waals surface area (Å²) in [4.78, 5) is 2.42. The molecule has 0 aromatic heterocycles. The molecule has 0 amide bonds. The van der Waals surface area contributed by atoms with Crippen LogP contribution < -0.4 is 4.74 Å². The van der Waals surface area contributed by atoms with Gasteiger partial charge in [0, 0.05) is 6.54 Å². The fourth-order valence-corrected chi connectivity index (χ4v) is 1.98. The van der Waals surface area contributed by atoms with E-state index in [0.29, 0.717) is 5.92 Å². The molecule has 1 aromatic carbocycles. The number of hydrogen-bond donors (Lipinski definition) is 0. The van der Waals surface area contributed by atoms with Gasteiger partial charge in [0.05, 0.1) is 6.61 Å². The van der Waals surface area contributed by atoms with Crippen molar-refractivity contribution in [1.82, 2.24) is 4.90 Å². The molecule has 0 atom stereocenters. The van der Waals surface area contributed by atoms with E-state index in [1.807, 2.05) is 6.07 Å². The van der Waals surface area contributed by atoms with Crippen LogP contribution in [0.3, 0.4) is 0 Å². The Morgan fingerprint density at radius 2 is 1.89 bits per heavy atom. The third kappa shape index (κ3) is 5.09. The summed E-state index contributed by atoms with van der Waals surface area (Å²) in [5, 5.41) is 0. The zero-order valence-corrected chi connectivity index (χ0v) is 12.3. The van der Waals surface area contributed by atoms with Gasteiger partial charge in [0.2, 0.25) is 0 Å². The Morgan fingerprint density at radius 1 is 1.17 bits per heavy atom. The highest BCUT2D eigenvalue weighted by molar-refractivity contribution is 5.30. The number of rotatable bonds is 8. The van der Waals surface area contributed by atoms with E-state index in [1.165, 1.54) is 5.56 Å². The Labute approximate surface area is 112 Å². The van der Waals surface area contributed by atoms with Gasteiger partial charge in [-0.15, -0.1) is 0 Å². The summed E-state index contributed by atoms with van der Waals surface area (Å²) < 4.78 is 5.81. The molecule has 102 valence electrons. The first-order valence-corrected chi connectivity index (χ1v) is 7.12. The molecule has 0 aliphatic carbocycles. The van der Waals surface area contributed by atoms with Crippen LogP contribution in [0.1, 0.15) is 45.6 Å². The van der Waals surface area contributed by atoms with Gasteiger partial charge in [-0.05, 0) is 43.1 Å². The van der Waals surface area contributed by atoms with E-state index in [-0.39, 0.29) is 0 Å². The lowest BCUT2D eigenvalue weighted by Crippen LogP contribution is -2.25. The van der Waals surface area contributed by atoms with Crippen molar-refractivity contribution in [1.29, 1.82) is 0 Å². The molecule has 0 unspecified atom stereocenters. The summed E-state index contributed by atoms with van der Waals surface area (Å²) in [6, 6.07) is 8.44. The second-order valence-electron chi connectivity index (χ2n) is 4.96. The van der Waals surface area contributed by atoms with Crippen LogP contribution in [-0.2, 0) is 0 Å². The SMILES string of the molecule is CCN(CC)CCCOc1cccc(C(C)C)c1. The Kier molecular flexibility index (Phi) is 6.81. The topological polar surface area (TPSA) is 12.5 Å². The molecule has 0 aliphatic rings. The van der Waals surface area contributed by atoms with Gasteiger partial charge in [-0.2, -0.15) is 0 Å². The zero-order valence-electron chi connectivity index (χ0n) is 12.3. The van der Waals surface area contributed by atoms with E-state index in [1.54, 1.807) is 0 Å². The molecule has 0 N–H and O–H groups in total. The predicted octanol–water partition coefficient (Wildman–Crippen LogP) is 3.92. The van der Waals surface area contributed by atoms with Crippen molar-refractivity contribution in [3.05, 3.63) is 29.8 Å². The quantitative estimate of drug-likeness (QED) is 0.647. The molecule has 0 heterocycles. The molecule has 0 bridgehead atoms. The molecule has 1 aromatic rings. The van der Waals surface area contributed by atoms with E-state index in [2.05, 4.69) is 50.8 Å². The smallest absolute Gasteiger partial charge is 0.119 e. The Morgan fingerprint density at radius 3 is 2.50 bits per heavy atom. The molecule has 0 saturated carbocycles. The van der Waals surface area contributed by atoms with Crippen molar-refractivity contribution in [3.8, 4) is 5.75 Å². The largest absolute Gasteiger partial charge is 0.494 e. The molecule has 0 spiro atoms. The van der Waals surface area contributed by atoms with Crippen molar-refractivity contribution in [3.63, 3.8) is 0 Å². The van der Waals surface area contributed by atoms with Crippen LogP contribution in [0.25, 0.3) is 0 Å². The van der Waals surface area contributed by atoms with Gasteiger partial charge < -0.3 is 9.64 Å². The van der Waals surface area contributed by atoms with Crippen LogP contribution in [0.4, 0.5) is 0 Å². The van der Waals surface area contributed by atoms with Crippen molar-refractivity contribution in [2.24, 2.45) is 0 Å². The number of ether oxygens (including phenoxy) is 1. The minimum Gasteiger partial charge on any atom is -0.494 e. The van der Waals surface area contributed by atoms with Crippen LogP contribution in [0.5, 0.6) is 5.75 Å². The van der Waals surface area contributed by atoms with Crippen molar-refractivity contribution in [2.75, 3.05) is 26.2 Å². The Hall–Kier alpha value is -1.02. The van der Waals surface area contributed by atoms with Gasteiger partial charge in [-0.3, -0.25) is 0 Å². The van der Waals surface area contributed by atoms with Gasteiger partial charge in [0.25, 0.3) is 0 Å². The van der Waals surface area contributed by atoms with Gasteiger partial charge in [-0.25, -0.2) is 0 Å². The Balaban J connectivity index is 2.33. The first-order valence-electron chi connectivity index (χ1n) is 7.12. The van der Waals surface area contributed by atoms with Gasteiger partial charge in [0.15, 0.2) is 0 Å². The summed E-state index contributed by atoms with van der Waals surface area (Å²) in [5.74, 6) is 1.56. The summed E-state index contributed by atoms with van der Waals surface area (Å²) >= 11 is 0. The van der Waals surface area contributed by atoms with E-state index in [9.17, 15) is 0 Å². The Bertz CT molecular complexity index is 332. The van der Waals surface area contributed by atoms with Crippen LogP contribution in [0, 0.1) is 0 Å². The minimum atomic E-state index is 0.559. The monoisotopic (exact) mass is 249 g/mol. The van der Waals surface area contributed by atoms with Gasteiger partial charge in [-0.1, -0.05) is 39.8 Å². The van der Waals surface area contributed by atoms with Crippen molar-refractivity contribution >= 4 is 0 Å². The summed E-state index contributed by atoms with van der Waals surface area (Å²) in [7, 11) is 0. The maximum atomic E-state index is 5.81. The highest BCUT2D eigenvalue weighted by atomic mass is 16.5. The molecule has 2 nitrogen and oxygen atoms in total. The van der Waals surface area contributed by atoms with Crippen LogP contribution in [-0.4, -0.2) is 31.1 Å². The molecule has 0 saturated heterocycles. The van der Waals surface area contributed by atoms with E-state index in [0.717, 1.165) is 38.4 Å². The molecule has 2 heteroatoms. The number of hydrogen-bond acceptors (Lipinski definition) is 2. The van der Waals surface area contributed by atoms with E-state index in [4.69, 9.17) is 4.74 Å². The summed E-state index contributed by atoms with van der Waals surface area (Å²) in [6.45, 7) is 13.0. The van der Waals surface area contributed by atoms with Crippen LogP contribution in [0.2, 0.25) is 0 Å². The van der Waals surface area contributed by atoms with Gasteiger partial charge in [0.1, 0.15) is 5.75 Å². The third-order valence-corrected chi connectivity index (χ3v) is 3.31. The van der Waals surface area contributed by atoms with E-state index >= 15 is 0 Å². The van der Waals surface area contributed by atoms with Gasteiger partial charge >= 0.3 is 0 Å². The normalized spacial score (nSPS) is 11.2. The molecule has 1 rings (SSSR count). The average molecular weight is 249 g/mol. The lowest BCUT2D eigenvalue weighted by molar-refractivity contribution is 0.249. The molecule has 18 heavy (non-hydrogen) atoms.